The molecule has 0 bridgehead atoms. The molecule has 3 heteroatoms. The van der Waals surface area contributed by atoms with Gasteiger partial charge in [0.2, 0.25) is 0 Å². The first-order chi connectivity index (χ1) is 14.4. The van der Waals surface area contributed by atoms with Crippen LogP contribution in [0.3, 0.4) is 0 Å². The van der Waals surface area contributed by atoms with Gasteiger partial charge in [-0.25, -0.2) is 0 Å². The zero-order valence-corrected chi connectivity index (χ0v) is 17.0. The molecule has 0 atom stereocenters. The van der Waals surface area contributed by atoms with Gasteiger partial charge in [0.25, 0.3) is 0 Å². The summed E-state index contributed by atoms with van der Waals surface area (Å²) in [5.74, 6) is 1.85. The molecule has 1 fully saturated rings. The van der Waals surface area contributed by atoms with Gasteiger partial charge in [-0.1, -0.05) is 66.7 Å². The third-order valence-electron chi connectivity index (χ3n) is 5.59. The minimum atomic E-state index is 0.892. The third kappa shape index (κ3) is 5.93. The van der Waals surface area contributed by atoms with E-state index < -0.39 is 0 Å². The van der Waals surface area contributed by atoms with Crippen molar-refractivity contribution in [1.29, 1.82) is 0 Å². The van der Waals surface area contributed by atoms with Crippen molar-refractivity contribution >= 4 is 0 Å². The molecule has 0 N–H and O–H groups in total. The molecule has 3 nitrogen and oxygen atoms in total. The number of ether oxygens (including phenoxy) is 1. The van der Waals surface area contributed by atoms with Crippen molar-refractivity contribution in [3.8, 4) is 11.5 Å². The molecule has 29 heavy (non-hydrogen) atoms. The van der Waals surface area contributed by atoms with Crippen LogP contribution < -0.4 is 4.74 Å². The van der Waals surface area contributed by atoms with Crippen LogP contribution in [0.4, 0.5) is 0 Å². The highest BCUT2D eigenvalue weighted by Gasteiger charge is 2.18. The first kappa shape index (κ1) is 19.7. The monoisotopic (exact) mass is 386 g/mol. The maximum Gasteiger partial charge on any atom is 0.131 e. The van der Waals surface area contributed by atoms with Crippen molar-refractivity contribution in [2.75, 3.05) is 32.7 Å². The highest BCUT2D eigenvalue weighted by Crippen LogP contribution is 2.26. The second-order valence-electron chi connectivity index (χ2n) is 7.73. The standard InChI is InChI=1S/C26H30N2O/c1-3-10-23(11-4-1)12-9-17-27-18-20-28(21-19-27)22-24-13-7-8-16-26(24)29-25-14-5-2-6-15-25/h1-8,10-11,13-16H,9,12,17-22H2. The fourth-order valence-electron chi connectivity index (χ4n) is 3.91. The summed E-state index contributed by atoms with van der Waals surface area (Å²) in [7, 11) is 0. The number of rotatable bonds is 8. The van der Waals surface area contributed by atoms with Crippen LogP contribution in [-0.4, -0.2) is 42.5 Å². The van der Waals surface area contributed by atoms with Crippen molar-refractivity contribution in [3.05, 3.63) is 96.1 Å². The molecule has 1 heterocycles. The Morgan fingerprint density at radius 3 is 2.03 bits per heavy atom. The summed E-state index contributed by atoms with van der Waals surface area (Å²) in [6, 6.07) is 29.3. The summed E-state index contributed by atoms with van der Waals surface area (Å²) in [6.07, 6.45) is 2.41. The van der Waals surface area contributed by atoms with Gasteiger partial charge < -0.3 is 9.64 Å². The lowest BCUT2D eigenvalue weighted by molar-refractivity contribution is 0.125. The Morgan fingerprint density at radius 2 is 1.28 bits per heavy atom. The minimum absolute atomic E-state index is 0.892. The maximum atomic E-state index is 6.13. The van der Waals surface area contributed by atoms with Crippen molar-refractivity contribution in [2.24, 2.45) is 0 Å². The SMILES string of the molecule is c1ccc(CCCN2CCN(Cc3ccccc3Oc3ccccc3)CC2)cc1. The van der Waals surface area contributed by atoms with Crippen molar-refractivity contribution in [2.45, 2.75) is 19.4 Å². The number of nitrogens with zero attached hydrogens (tertiary/aromatic N) is 2. The number of aryl methyl sites for hydroxylation is 1. The summed E-state index contributed by atoms with van der Waals surface area (Å²) in [5.41, 5.74) is 2.70. The molecule has 0 radical (unpaired) electrons. The minimum Gasteiger partial charge on any atom is -0.457 e. The first-order valence-electron chi connectivity index (χ1n) is 10.7. The van der Waals surface area contributed by atoms with Crippen LogP contribution in [0.5, 0.6) is 11.5 Å². The molecule has 4 rings (SSSR count). The van der Waals surface area contributed by atoms with Gasteiger partial charge in [-0.15, -0.1) is 0 Å². The highest BCUT2D eigenvalue weighted by molar-refractivity contribution is 5.37. The van der Waals surface area contributed by atoms with Gasteiger partial charge in [0.05, 0.1) is 0 Å². The molecule has 0 aromatic heterocycles. The van der Waals surface area contributed by atoms with E-state index in [0.29, 0.717) is 0 Å². The molecule has 0 aliphatic carbocycles. The van der Waals surface area contributed by atoms with E-state index in [0.717, 1.165) is 44.2 Å². The van der Waals surface area contributed by atoms with Crippen LogP contribution in [-0.2, 0) is 13.0 Å². The predicted octanol–water partition coefficient (Wildman–Crippen LogP) is 5.23. The van der Waals surface area contributed by atoms with E-state index in [-0.39, 0.29) is 0 Å². The zero-order chi connectivity index (χ0) is 19.7. The van der Waals surface area contributed by atoms with Crippen LogP contribution in [0.2, 0.25) is 0 Å². The van der Waals surface area contributed by atoms with E-state index in [2.05, 4.69) is 58.3 Å². The van der Waals surface area contributed by atoms with Crippen LogP contribution in [0.25, 0.3) is 0 Å². The Balaban J connectivity index is 1.25. The van der Waals surface area contributed by atoms with E-state index >= 15 is 0 Å². The van der Waals surface area contributed by atoms with Gasteiger partial charge in [-0.3, -0.25) is 4.90 Å². The van der Waals surface area contributed by atoms with Crippen molar-refractivity contribution in [1.82, 2.24) is 9.80 Å². The Bertz CT molecular complexity index is 858. The topological polar surface area (TPSA) is 15.7 Å². The number of hydrogen-bond acceptors (Lipinski definition) is 3. The largest absolute Gasteiger partial charge is 0.457 e. The third-order valence-corrected chi connectivity index (χ3v) is 5.59. The average molecular weight is 387 g/mol. The van der Waals surface area contributed by atoms with Gasteiger partial charge in [0.1, 0.15) is 11.5 Å². The summed E-state index contributed by atoms with van der Waals surface area (Å²) < 4.78 is 6.13. The molecular formula is C26H30N2O. The summed E-state index contributed by atoms with van der Waals surface area (Å²) in [5, 5.41) is 0. The Morgan fingerprint density at radius 1 is 0.655 bits per heavy atom. The van der Waals surface area contributed by atoms with Gasteiger partial charge in [-0.2, -0.15) is 0 Å². The Labute approximate surface area is 174 Å². The normalized spacial score (nSPS) is 15.3. The van der Waals surface area contributed by atoms with Crippen LogP contribution in [0.15, 0.2) is 84.9 Å². The number of para-hydroxylation sites is 2. The quantitative estimate of drug-likeness (QED) is 0.527. The second kappa shape index (κ2) is 10.2. The van der Waals surface area contributed by atoms with Crippen molar-refractivity contribution < 1.29 is 4.74 Å². The smallest absolute Gasteiger partial charge is 0.131 e. The molecule has 3 aromatic rings. The maximum absolute atomic E-state index is 6.13. The average Bonchev–Trinajstić information content (AvgIpc) is 2.78. The Hall–Kier alpha value is -2.62. The summed E-state index contributed by atoms with van der Waals surface area (Å²) in [6.45, 7) is 6.67. The van der Waals surface area contributed by atoms with Gasteiger partial charge in [0, 0.05) is 38.3 Å². The van der Waals surface area contributed by atoms with E-state index in [4.69, 9.17) is 4.74 Å². The molecule has 1 aliphatic rings. The second-order valence-corrected chi connectivity index (χ2v) is 7.73. The lowest BCUT2D eigenvalue weighted by Gasteiger charge is -2.35. The van der Waals surface area contributed by atoms with Crippen LogP contribution >= 0.6 is 0 Å². The predicted molar refractivity (Wildman–Crippen MR) is 119 cm³/mol. The molecule has 0 amide bonds. The van der Waals surface area contributed by atoms with E-state index in [9.17, 15) is 0 Å². The summed E-state index contributed by atoms with van der Waals surface area (Å²) in [4.78, 5) is 5.15. The lowest BCUT2D eigenvalue weighted by Crippen LogP contribution is -2.46. The van der Waals surface area contributed by atoms with Crippen LogP contribution in [0.1, 0.15) is 17.5 Å². The molecule has 0 spiro atoms. The summed E-state index contributed by atoms with van der Waals surface area (Å²) >= 11 is 0. The van der Waals surface area contributed by atoms with Crippen LogP contribution in [0, 0.1) is 0 Å². The number of hydrogen-bond donors (Lipinski definition) is 0. The highest BCUT2D eigenvalue weighted by atomic mass is 16.5. The molecular weight excluding hydrogens is 356 g/mol. The number of benzene rings is 3. The van der Waals surface area contributed by atoms with E-state index in [1.54, 1.807) is 0 Å². The van der Waals surface area contributed by atoms with Gasteiger partial charge in [-0.05, 0) is 43.1 Å². The van der Waals surface area contributed by atoms with Gasteiger partial charge in [0.15, 0.2) is 0 Å². The lowest BCUT2D eigenvalue weighted by atomic mass is 10.1. The molecule has 1 aliphatic heterocycles. The fraction of sp³-hybridized carbons (Fsp3) is 0.308. The molecule has 0 saturated carbocycles. The molecule has 0 unspecified atom stereocenters. The molecule has 1 saturated heterocycles. The van der Waals surface area contributed by atoms with Crippen molar-refractivity contribution in [3.63, 3.8) is 0 Å². The van der Waals surface area contributed by atoms with E-state index in [1.807, 2.05) is 36.4 Å². The Kier molecular flexibility index (Phi) is 6.95. The van der Waals surface area contributed by atoms with Gasteiger partial charge >= 0.3 is 0 Å². The number of piperazine rings is 1. The molecule has 3 aromatic carbocycles. The van der Waals surface area contributed by atoms with E-state index in [1.165, 1.54) is 30.5 Å². The zero-order valence-electron chi connectivity index (χ0n) is 17.0. The first-order valence-corrected chi connectivity index (χ1v) is 10.7. The molecule has 150 valence electrons. The fourth-order valence-corrected chi connectivity index (χ4v) is 3.91.